The van der Waals surface area contributed by atoms with Gasteiger partial charge >= 0.3 is 65.7 Å². The van der Waals surface area contributed by atoms with Gasteiger partial charge in [-0.25, -0.2) is 4.79 Å². The first-order chi connectivity index (χ1) is 18.5. The summed E-state index contributed by atoms with van der Waals surface area (Å²) in [4.78, 5) is 11.1. The number of ether oxygens (including phenoxy) is 2. The van der Waals surface area contributed by atoms with E-state index in [-0.39, 0.29) is 6.08 Å². The van der Waals surface area contributed by atoms with Crippen molar-refractivity contribution in [3.05, 3.63) is 12.7 Å². The van der Waals surface area contributed by atoms with Crippen molar-refractivity contribution >= 4 is 5.97 Å². The number of rotatable bonds is 15. The molecule has 1 atom stereocenters. The Hall–Kier alpha value is -2.37. The maximum Gasteiger partial charge on any atom is 0.460 e. The first-order valence-corrected chi connectivity index (χ1v) is 10.1. The van der Waals surface area contributed by atoms with Gasteiger partial charge in [-0.1, -0.05) is 6.58 Å². The molecule has 3 nitrogen and oxygen atoms in total. The van der Waals surface area contributed by atoms with Crippen molar-refractivity contribution in [1.82, 2.24) is 0 Å². The van der Waals surface area contributed by atoms with Gasteiger partial charge in [0.1, 0.15) is 6.10 Å². The van der Waals surface area contributed by atoms with E-state index in [1.54, 1.807) is 0 Å². The minimum atomic E-state index is -7.95. The lowest BCUT2D eigenvalue weighted by molar-refractivity contribution is -0.423. The van der Waals surface area contributed by atoms with Crippen LogP contribution >= 0.6 is 0 Å². The highest BCUT2D eigenvalue weighted by atomic mass is 19.4. The zero-order valence-corrected chi connectivity index (χ0v) is 19.7. The van der Waals surface area contributed by atoms with Crippen molar-refractivity contribution in [1.29, 1.82) is 0 Å². The third-order valence-electron chi connectivity index (χ3n) is 5.01. The van der Waals surface area contributed by atoms with Crippen LogP contribution in [0.25, 0.3) is 0 Å². The minimum absolute atomic E-state index is 0.0483. The van der Waals surface area contributed by atoms with E-state index in [1.807, 2.05) is 0 Å². The van der Waals surface area contributed by atoms with Gasteiger partial charge in [0.25, 0.3) is 0 Å². The summed E-state index contributed by atoms with van der Waals surface area (Å²) in [6.07, 6.45) is -24.7. The molecule has 0 heterocycles. The van der Waals surface area contributed by atoms with Crippen LogP contribution in [0.4, 0.5) is 96.6 Å². The van der Waals surface area contributed by atoms with Crippen molar-refractivity contribution in [2.24, 2.45) is 0 Å². The number of hydrogen-bond acceptors (Lipinski definition) is 3. The molecule has 0 amide bonds. The molecule has 0 spiro atoms. The lowest BCUT2D eigenvalue weighted by Crippen LogP contribution is -2.66. The quantitative estimate of drug-likeness (QED) is 0.0753. The van der Waals surface area contributed by atoms with E-state index in [2.05, 4.69) is 16.1 Å². The van der Waals surface area contributed by atoms with E-state index in [9.17, 15) is 101 Å². The first-order valence-electron chi connectivity index (χ1n) is 10.1. The van der Waals surface area contributed by atoms with Gasteiger partial charge in [0.15, 0.2) is 0 Å². The van der Waals surface area contributed by atoms with E-state index in [0.29, 0.717) is 0 Å². The molecule has 256 valence electrons. The summed E-state index contributed by atoms with van der Waals surface area (Å²) in [6.45, 7) is -1.91. The standard InChI is InChI=1S/C18H12F22O3/c1-2-8(41)43-7(5-10(21,22)12(25,26)14(29,30)16(33,34)18(38,39)40)6-42-4-3-9(19,20)11(23,24)13(27,28)15(31,32)17(35,36)37/h2,7H,1,3-6H2. The Morgan fingerprint density at radius 3 is 1.23 bits per heavy atom. The van der Waals surface area contributed by atoms with Crippen LogP contribution in [0.3, 0.4) is 0 Å². The molecule has 1 unspecified atom stereocenters. The predicted molar refractivity (Wildman–Crippen MR) is 91.8 cm³/mol. The molecule has 0 saturated carbocycles. The molecule has 0 aromatic rings. The molecule has 0 N–H and O–H groups in total. The molecule has 0 aliphatic rings. The average Bonchev–Trinajstić information content (AvgIpc) is 2.79. The fourth-order valence-corrected chi connectivity index (χ4v) is 2.54. The summed E-state index contributed by atoms with van der Waals surface area (Å²) in [5, 5.41) is 0. The number of halogens is 22. The second-order valence-corrected chi connectivity index (χ2v) is 8.14. The van der Waals surface area contributed by atoms with Gasteiger partial charge in [0.05, 0.1) is 19.6 Å². The lowest BCUT2D eigenvalue weighted by atomic mass is 9.94. The Balaban J connectivity index is 6.01. The van der Waals surface area contributed by atoms with Gasteiger partial charge < -0.3 is 9.47 Å². The van der Waals surface area contributed by atoms with Crippen LogP contribution in [-0.2, 0) is 14.3 Å². The first kappa shape index (κ1) is 40.6. The smallest absolute Gasteiger partial charge is 0.457 e. The molecule has 0 aliphatic carbocycles. The largest absolute Gasteiger partial charge is 0.460 e. The third kappa shape index (κ3) is 7.14. The highest BCUT2D eigenvalue weighted by Crippen LogP contribution is 2.59. The van der Waals surface area contributed by atoms with Crippen molar-refractivity contribution in [2.75, 3.05) is 13.2 Å². The molecule has 0 aromatic heterocycles. The van der Waals surface area contributed by atoms with E-state index in [1.165, 1.54) is 0 Å². The van der Waals surface area contributed by atoms with Gasteiger partial charge in [0.2, 0.25) is 0 Å². The number of hydrogen-bond donors (Lipinski definition) is 0. The van der Waals surface area contributed by atoms with Crippen molar-refractivity contribution in [2.45, 2.75) is 78.7 Å². The summed E-state index contributed by atoms with van der Waals surface area (Å²) in [5.74, 6) is -62.1. The van der Waals surface area contributed by atoms with Crippen molar-refractivity contribution in [3.63, 3.8) is 0 Å². The van der Waals surface area contributed by atoms with Gasteiger partial charge in [0, 0.05) is 12.5 Å². The fraction of sp³-hybridized carbons (Fsp3) is 0.833. The average molecular weight is 694 g/mol. The zero-order valence-electron chi connectivity index (χ0n) is 19.7. The number of esters is 1. The molecule has 0 radical (unpaired) electrons. The SMILES string of the molecule is C=CC(=O)OC(COCCC(F)(F)C(F)(F)C(F)(F)C(F)(F)C(F)(F)F)CC(F)(F)C(F)(F)C(F)(F)C(F)(F)C(F)(F)F. The Labute approximate surface area is 222 Å². The summed E-state index contributed by atoms with van der Waals surface area (Å²) >= 11 is 0. The van der Waals surface area contributed by atoms with Crippen molar-refractivity contribution in [3.8, 4) is 0 Å². The topological polar surface area (TPSA) is 35.5 Å². The molecule has 0 rings (SSSR count). The van der Waals surface area contributed by atoms with Crippen molar-refractivity contribution < 1.29 is 111 Å². The number of carbonyl (C=O) groups excluding carboxylic acids is 1. The number of alkyl halides is 22. The Morgan fingerprint density at radius 2 is 0.907 bits per heavy atom. The van der Waals surface area contributed by atoms with Gasteiger partial charge in [-0.15, -0.1) is 0 Å². The van der Waals surface area contributed by atoms with Gasteiger partial charge in [-0.05, 0) is 0 Å². The highest BCUT2D eigenvalue weighted by Gasteiger charge is 2.88. The van der Waals surface area contributed by atoms with E-state index >= 15 is 0 Å². The normalized spacial score (nSPS) is 16.2. The summed E-state index contributed by atoms with van der Waals surface area (Å²) in [5.41, 5.74) is 0. The van der Waals surface area contributed by atoms with Crippen LogP contribution in [0.2, 0.25) is 0 Å². The molecule has 0 fully saturated rings. The van der Waals surface area contributed by atoms with Crippen LogP contribution in [-0.4, -0.2) is 85.0 Å². The Kier molecular flexibility index (Phi) is 11.2. The van der Waals surface area contributed by atoms with Crippen LogP contribution in [0.5, 0.6) is 0 Å². The minimum Gasteiger partial charge on any atom is -0.457 e. The van der Waals surface area contributed by atoms with E-state index in [0.717, 1.165) is 0 Å². The summed E-state index contributed by atoms with van der Waals surface area (Å²) in [7, 11) is 0. The molecular weight excluding hydrogens is 682 g/mol. The van der Waals surface area contributed by atoms with Gasteiger partial charge in [-0.3, -0.25) is 0 Å². The molecule has 25 heteroatoms. The third-order valence-corrected chi connectivity index (χ3v) is 5.01. The van der Waals surface area contributed by atoms with E-state index < -0.39 is 97.9 Å². The fourth-order valence-electron chi connectivity index (χ4n) is 2.54. The van der Waals surface area contributed by atoms with Crippen LogP contribution in [0, 0.1) is 0 Å². The van der Waals surface area contributed by atoms with Crippen LogP contribution in [0.15, 0.2) is 12.7 Å². The molecular formula is C18H12F22O3. The van der Waals surface area contributed by atoms with E-state index in [4.69, 9.17) is 0 Å². The molecule has 43 heavy (non-hydrogen) atoms. The zero-order chi connectivity index (χ0) is 35.1. The van der Waals surface area contributed by atoms with Crippen LogP contribution < -0.4 is 0 Å². The second-order valence-electron chi connectivity index (χ2n) is 8.14. The second kappa shape index (κ2) is 11.9. The highest BCUT2D eigenvalue weighted by molar-refractivity contribution is 5.81. The van der Waals surface area contributed by atoms with Gasteiger partial charge in [-0.2, -0.15) is 96.6 Å². The molecule has 0 aromatic carbocycles. The summed E-state index contributed by atoms with van der Waals surface area (Å²) in [6, 6.07) is 0. The molecule has 0 saturated heterocycles. The Bertz CT molecular complexity index is 979. The Morgan fingerprint density at radius 1 is 0.558 bits per heavy atom. The summed E-state index contributed by atoms with van der Waals surface area (Å²) < 4.78 is 294. The molecule has 0 bridgehead atoms. The van der Waals surface area contributed by atoms with Crippen LogP contribution in [0.1, 0.15) is 12.8 Å². The monoisotopic (exact) mass is 694 g/mol. The lowest BCUT2D eigenvalue weighted by Gasteiger charge is -2.38. The maximum atomic E-state index is 13.9. The predicted octanol–water partition coefficient (Wildman–Crippen LogP) is 8.09. The maximum absolute atomic E-state index is 13.9. The number of carbonyl (C=O) groups is 1. The molecule has 0 aliphatic heterocycles.